The Balaban J connectivity index is 1.21. The standard InChI is InChI=1S/C31H40BrN5O5/c1-34(2)23-10-14-35(15-11-23)29(39)28(20-21-7-8-27(38)25(32)19-21)42-31(41)36-16-12-24(13-17-36)37-18-9-22-5-3-4-6-26(22)33-30(37)40/h3-8,19,23-24,28,38H,9-18,20H2,1-2H3,(H,33,40)/t28-/m1/s1. The number of fused-ring (bicyclic) bond motifs is 1. The SMILES string of the molecule is CN(C)C1CCN(C(=O)[C@@H](Cc2ccc(O)c(Br)c2)OC(=O)N2CCC(N3CCc4ccccc4NC3=O)CC2)CC1. The van der Waals surface area contributed by atoms with E-state index in [1.54, 1.807) is 28.0 Å². The third-order valence-corrected chi connectivity index (χ3v) is 9.40. The molecule has 1 atom stereocenters. The first-order valence-electron chi connectivity index (χ1n) is 14.7. The summed E-state index contributed by atoms with van der Waals surface area (Å²) < 4.78 is 6.45. The number of nitrogens with one attached hydrogen (secondary N) is 1. The van der Waals surface area contributed by atoms with Gasteiger partial charge >= 0.3 is 12.1 Å². The van der Waals surface area contributed by atoms with Crippen LogP contribution in [0.3, 0.4) is 0 Å². The summed E-state index contributed by atoms with van der Waals surface area (Å²) in [6, 6.07) is 13.2. The highest BCUT2D eigenvalue weighted by Gasteiger charge is 2.35. The number of hydrogen-bond donors (Lipinski definition) is 2. The Morgan fingerprint density at radius 3 is 2.40 bits per heavy atom. The Hall–Kier alpha value is -3.31. The van der Waals surface area contributed by atoms with Crippen LogP contribution in [0.15, 0.2) is 46.9 Å². The van der Waals surface area contributed by atoms with Gasteiger partial charge in [0.25, 0.3) is 5.91 Å². The molecule has 11 heteroatoms. The zero-order valence-electron chi connectivity index (χ0n) is 24.3. The average Bonchev–Trinajstić information content (AvgIpc) is 3.16. The Bertz CT molecular complexity index is 1290. The van der Waals surface area contributed by atoms with Crippen molar-refractivity contribution < 1.29 is 24.2 Å². The van der Waals surface area contributed by atoms with Gasteiger partial charge < -0.3 is 34.8 Å². The fourth-order valence-corrected chi connectivity index (χ4v) is 6.60. The van der Waals surface area contributed by atoms with Crippen LogP contribution in [-0.2, 0) is 22.4 Å². The van der Waals surface area contributed by atoms with Gasteiger partial charge in [0.15, 0.2) is 6.10 Å². The van der Waals surface area contributed by atoms with Crippen LogP contribution in [-0.4, -0.2) is 108 Å². The van der Waals surface area contributed by atoms with E-state index in [0.29, 0.717) is 56.1 Å². The van der Waals surface area contributed by atoms with E-state index in [-0.39, 0.29) is 30.2 Å². The van der Waals surface area contributed by atoms with E-state index in [1.807, 2.05) is 29.2 Å². The number of ether oxygens (including phenoxy) is 1. The molecular weight excluding hydrogens is 602 g/mol. The molecule has 0 saturated carbocycles. The molecule has 10 nitrogen and oxygen atoms in total. The topological polar surface area (TPSA) is 106 Å². The van der Waals surface area contributed by atoms with Gasteiger partial charge in [-0.2, -0.15) is 0 Å². The lowest BCUT2D eigenvalue weighted by Crippen LogP contribution is -2.52. The number of benzene rings is 2. The number of likely N-dealkylation sites (tertiary alicyclic amines) is 2. The Morgan fingerprint density at radius 2 is 1.71 bits per heavy atom. The molecule has 0 aromatic heterocycles. The number of amides is 4. The molecule has 3 heterocycles. The molecule has 2 aromatic carbocycles. The molecule has 2 saturated heterocycles. The summed E-state index contributed by atoms with van der Waals surface area (Å²) in [5, 5.41) is 13.0. The van der Waals surface area contributed by atoms with Crippen LogP contribution in [0.25, 0.3) is 0 Å². The minimum atomic E-state index is -0.975. The number of aromatic hydroxyl groups is 1. The summed E-state index contributed by atoms with van der Waals surface area (Å²) in [6.45, 7) is 2.74. The molecule has 226 valence electrons. The number of carbonyl (C=O) groups excluding carboxylic acids is 3. The Kier molecular flexibility index (Phi) is 9.57. The Labute approximate surface area is 255 Å². The van der Waals surface area contributed by atoms with Crippen molar-refractivity contribution in [2.24, 2.45) is 0 Å². The number of nitrogens with zero attached hydrogens (tertiary/aromatic N) is 4. The van der Waals surface area contributed by atoms with Gasteiger partial charge in [-0.1, -0.05) is 24.3 Å². The Morgan fingerprint density at radius 1 is 1.02 bits per heavy atom. The molecule has 4 amide bonds. The van der Waals surface area contributed by atoms with Gasteiger partial charge in [-0.3, -0.25) is 4.79 Å². The van der Waals surface area contributed by atoms with Crippen molar-refractivity contribution >= 4 is 39.6 Å². The van der Waals surface area contributed by atoms with Crippen molar-refractivity contribution in [1.29, 1.82) is 0 Å². The molecule has 2 N–H and O–H groups in total. The van der Waals surface area contributed by atoms with E-state index in [4.69, 9.17) is 4.74 Å². The number of phenolic OH excluding ortho intramolecular Hbond substituents is 1. The predicted molar refractivity (Wildman–Crippen MR) is 164 cm³/mol. The molecule has 5 rings (SSSR count). The smallest absolute Gasteiger partial charge is 0.410 e. The maximum atomic E-state index is 13.7. The van der Waals surface area contributed by atoms with Gasteiger partial charge in [0, 0.05) is 56.9 Å². The highest BCUT2D eigenvalue weighted by molar-refractivity contribution is 9.10. The van der Waals surface area contributed by atoms with Crippen molar-refractivity contribution in [1.82, 2.24) is 19.6 Å². The maximum Gasteiger partial charge on any atom is 0.410 e. The van der Waals surface area contributed by atoms with E-state index >= 15 is 0 Å². The van der Waals surface area contributed by atoms with Crippen LogP contribution in [0.5, 0.6) is 5.75 Å². The number of para-hydroxylation sites is 1. The van der Waals surface area contributed by atoms with Crippen molar-refractivity contribution in [3.8, 4) is 5.75 Å². The molecule has 3 aliphatic heterocycles. The zero-order chi connectivity index (χ0) is 29.8. The van der Waals surface area contributed by atoms with Gasteiger partial charge in [-0.05, 0) is 91.5 Å². The summed E-state index contributed by atoms with van der Waals surface area (Å²) in [5.41, 5.74) is 2.76. The van der Waals surface area contributed by atoms with Gasteiger partial charge in [-0.15, -0.1) is 0 Å². The van der Waals surface area contributed by atoms with E-state index in [0.717, 1.165) is 36.1 Å². The third-order valence-electron chi connectivity index (χ3n) is 8.76. The summed E-state index contributed by atoms with van der Waals surface area (Å²) in [5.74, 6) is -0.0883. The van der Waals surface area contributed by atoms with Crippen molar-refractivity contribution in [2.75, 3.05) is 52.1 Å². The summed E-state index contributed by atoms with van der Waals surface area (Å²) in [6.07, 6.45) is 2.51. The van der Waals surface area contributed by atoms with Crippen molar-refractivity contribution in [3.05, 3.63) is 58.1 Å². The fourth-order valence-electron chi connectivity index (χ4n) is 6.17. The molecule has 0 aliphatic carbocycles. The van der Waals surface area contributed by atoms with Crippen LogP contribution in [0.1, 0.15) is 36.8 Å². The molecular formula is C31H40BrN5O5. The highest BCUT2D eigenvalue weighted by atomic mass is 79.9. The normalized spacial score (nSPS) is 19.2. The minimum Gasteiger partial charge on any atom is -0.507 e. The first-order valence-corrected chi connectivity index (χ1v) is 15.5. The number of halogens is 1. The lowest BCUT2D eigenvalue weighted by molar-refractivity contribution is -0.142. The van der Waals surface area contributed by atoms with Crippen LogP contribution in [0.4, 0.5) is 15.3 Å². The van der Waals surface area contributed by atoms with Gasteiger partial charge in [0.2, 0.25) is 0 Å². The average molecular weight is 643 g/mol. The number of phenols is 1. The first-order chi connectivity index (χ1) is 20.2. The predicted octanol–water partition coefficient (Wildman–Crippen LogP) is 4.31. The number of rotatable bonds is 6. The number of piperidine rings is 2. The summed E-state index contributed by atoms with van der Waals surface area (Å²) >= 11 is 3.34. The maximum absolute atomic E-state index is 13.7. The monoisotopic (exact) mass is 641 g/mol. The molecule has 42 heavy (non-hydrogen) atoms. The van der Waals surface area contributed by atoms with Gasteiger partial charge in [-0.25, -0.2) is 9.59 Å². The molecule has 2 fully saturated rings. The molecule has 0 radical (unpaired) electrons. The summed E-state index contributed by atoms with van der Waals surface area (Å²) in [4.78, 5) is 47.6. The van der Waals surface area contributed by atoms with Crippen LogP contribution in [0, 0.1) is 0 Å². The molecule has 3 aliphatic rings. The molecule has 2 aromatic rings. The lowest BCUT2D eigenvalue weighted by Gasteiger charge is -2.38. The number of carbonyl (C=O) groups is 3. The van der Waals surface area contributed by atoms with Crippen LogP contribution >= 0.6 is 15.9 Å². The quantitative estimate of drug-likeness (QED) is 0.487. The van der Waals surface area contributed by atoms with Crippen LogP contribution in [0.2, 0.25) is 0 Å². The summed E-state index contributed by atoms with van der Waals surface area (Å²) in [7, 11) is 4.10. The highest BCUT2D eigenvalue weighted by Crippen LogP contribution is 2.27. The fraction of sp³-hybridized carbons (Fsp3) is 0.516. The molecule has 0 unspecified atom stereocenters. The minimum absolute atomic E-state index is 0.0214. The molecule has 0 spiro atoms. The first kappa shape index (κ1) is 30.2. The second-order valence-corrected chi connectivity index (χ2v) is 12.5. The number of anilines is 1. The van der Waals surface area contributed by atoms with Gasteiger partial charge in [0.1, 0.15) is 5.75 Å². The third kappa shape index (κ3) is 7.00. The van der Waals surface area contributed by atoms with E-state index < -0.39 is 12.2 Å². The van der Waals surface area contributed by atoms with E-state index in [1.165, 1.54) is 0 Å². The van der Waals surface area contributed by atoms with Crippen molar-refractivity contribution in [2.45, 2.75) is 56.7 Å². The lowest BCUT2D eigenvalue weighted by atomic mass is 10.0. The van der Waals surface area contributed by atoms with E-state index in [2.05, 4.69) is 40.2 Å². The zero-order valence-corrected chi connectivity index (χ0v) is 25.9. The van der Waals surface area contributed by atoms with Gasteiger partial charge in [0.05, 0.1) is 4.47 Å². The largest absolute Gasteiger partial charge is 0.507 e. The van der Waals surface area contributed by atoms with Crippen molar-refractivity contribution in [3.63, 3.8) is 0 Å². The number of urea groups is 1. The number of hydrogen-bond acceptors (Lipinski definition) is 6. The molecule has 0 bridgehead atoms. The second kappa shape index (κ2) is 13.3. The second-order valence-electron chi connectivity index (χ2n) is 11.6. The van der Waals surface area contributed by atoms with E-state index in [9.17, 15) is 19.5 Å². The van der Waals surface area contributed by atoms with Crippen LogP contribution < -0.4 is 5.32 Å².